The van der Waals surface area contributed by atoms with Crippen LogP contribution in [0.5, 0.6) is 0 Å². The second kappa shape index (κ2) is 5.82. The number of ether oxygens (including phenoxy) is 1. The van der Waals surface area contributed by atoms with E-state index in [2.05, 4.69) is 25.3 Å². The van der Waals surface area contributed by atoms with Gasteiger partial charge in [0.15, 0.2) is 0 Å². The number of anilines is 3. The van der Waals surface area contributed by atoms with E-state index in [9.17, 15) is 10.00 Å². The van der Waals surface area contributed by atoms with Crippen molar-refractivity contribution in [2.75, 3.05) is 22.6 Å². The summed E-state index contributed by atoms with van der Waals surface area (Å²) in [5.74, 6) is 0.503. The SMILES string of the molecule is B[PH]1(O)OCC2OC(N3c4ncnc(N)c4NC3N=[N+]=[N-])C(O)[C@@H]2O1. The van der Waals surface area contributed by atoms with Crippen LogP contribution < -0.4 is 16.0 Å². The molecular formula is C10H16BN8O5P. The Balaban J connectivity index is 1.69. The van der Waals surface area contributed by atoms with Crippen molar-refractivity contribution in [1.82, 2.24) is 9.97 Å². The summed E-state index contributed by atoms with van der Waals surface area (Å²) in [4.78, 5) is 22.3. The minimum atomic E-state index is -3.30. The van der Waals surface area contributed by atoms with Crippen molar-refractivity contribution in [3.8, 4) is 0 Å². The number of nitrogens with two attached hydrogens (primary N) is 1. The fraction of sp³-hybridized carbons (Fsp3) is 0.600. The summed E-state index contributed by atoms with van der Waals surface area (Å²) >= 11 is 0. The predicted molar refractivity (Wildman–Crippen MR) is 90.1 cm³/mol. The third-order valence-electron chi connectivity index (χ3n) is 4.25. The van der Waals surface area contributed by atoms with Crippen LogP contribution in [0.1, 0.15) is 0 Å². The molecule has 3 aliphatic rings. The van der Waals surface area contributed by atoms with Gasteiger partial charge < -0.3 is 0 Å². The van der Waals surface area contributed by atoms with E-state index in [-0.39, 0.29) is 12.4 Å². The molecular weight excluding hydrogens is 354 g/mol. The standard InChI is InChI=1S/C10H16BN8O5P/c11-25(21)22-1-3-6(24-25)5(20)9(23-3)19-8-4(7(12)14-2-15-8)16-10(19)17-18-13/h2-3,5-6,9-10,16,20-21,25H,1,11H2,(H2,12,14,15)/t3?,5?,6-,9?,10?/m1/s1. The Hall–Kier alpha value is -1.92. The van der Waals surface area contributed by atoms with Gasteiger partial charge in [-0.3, -0.25) is 0 Å². The number of aromatic nitrogens is 2. The van der Waals surface area contributed by atoms with E-state index in [1.807, 2.05) is 0 Å². The van der Waals surface area contributed by atoms with Crippen LogP contribution in [0.4, 0.5) is 17.3 Å². The quantitative estimate of drug-likeness (QED) is 0.156. The molecule has 0 aliphatic carbocycles. The fourth-order valence-corrected chi connectivity index (χ4v) is 4.52. The maximum absolute atomic E-state index is 10.7. The van der Waals surface area contributed by atoms with Crippen molar-refractivity contribution < 1.29 is 23.8 Å². The van der Waals surface area contributed by atoms with Crippen LogP contribution in [0.3, 0.4) is 0 Å². The van der Waals surface area contributed by atoms with Crippen LogP contribution in [-0.2, 0) is 13.8 Å². The Morgan fingerprint density at radius 3 is 3.12 bits per heavy atom. The number of nitrogens with zero attached hydrogens (tertiary/aromatic N) is 6. The number of aliphatic hydroxyl groups excluding tert-OH is 1. The van der Waals surface area contributed by atoms with Gasteiger partial charge in [0.05, 0.1) is 0 Å². The monoisotopic (exact) mass is 370 g/mol. The third kappa shape index (κ3) is 2.64. The van der Waals surface area contributed by atoms with E-state index in [0.29, 0.717) is 11.5 Å². The Bertz CT molecular complexity index is 750. The average molecular weight is 370 g/mol. The van der Waals surface area contributed by atoms with Gasteiger partial charge >= 0.3 is 142 Å². The summed E-state index contributed by atoms with van der Waals surface area (Å²) in [6.45, 7) is 0.0870. The molecule has 25 heavy (non-hydrogen) atoms. The molecule has 5 atom stereocenters. The van der Waals surface area contributed by atoms with Crippen molar-refractivity contribution in [1.29, 1.82) is 0 Å². The van der Waals surface area contributed by atoms with E-state index in [4.69, 9.17) is 25.0 Å². The van der Waals surface area contributed by atoms with Crippen molar-refractivity contribution in [2.24, 2.45) is 5.11 Å². The van der Waals surface area contributed by atoms with E-state index in [1.165, 1.54) is 18.8 Å². The van der Waals surface area contributed by atoms with Crippen molar-refractivity contribution in [2.45, 2.75) is 30.8 Å². The first-order valence-electron chi connectivity index (χ1n) is 7.48. The number of hydrogen-bond donors (Lipinski definition) is 4. The summed E-state index contributed by atoms with van der Waals surface area (Å²) in [6.07, 6.45) is -3.09. The Morgan fingerprint density at radius 1 is 1.56 bits per heavy atom. The molecule has 13 nitrogen and oxygen atoms in total. The summed E-state index contributed by atoms with van der Waals surface area (Å²) in [6, 6.07) is 0. The number of aliphatic hydroxyl groups is 1. The first-order valence-corrected chi connectivity index (χ1v) is 9.75. The van der Waals surface area contributed by atoms with Crippen LogP contribution in [0.2, 0.25) is 0 Å². The van der Waals surface area contributed by atoms with E-state index >= 15 is 0 Å². The van der Waals surface area contributed by atoms with Gasteiger partial charge in [-0.2, -0.15) is 0 Å². The number of rotatable bonds is 2. The maximum atomic E-state index is 10.7. The van der Waals surface area contributed by atoms with E-state index in [0.717, 1.165) is 0 Å². The van der Waals surface area contributed by atoms with E-state index in [1.54, 1.807) is 0 Å². The summed E-state index contributed by atoms with van der Waals surface area (Å²) in [5.41, 5.74) is 15.0. The number of nitrogen functional groups attached to an aromatic ring is 1. The third-order valence-corrected chi connectivity index (χ3v) is 5.66. The first kappa shape index (κ1) is 16.5. The molecule has 4 heterocycles. The molecule has 134 valence electrons. The minimum absolute atomic E-state index is 0.0870. The van der Waals surface area contributed by atoms with Crippen LogP contribution >= 0.6 is 7.82 Å². The number of nitrogens with one attached hydrogen (secondary N) is 1. The van der Waals surface area contributed by atoms with Gasteiger partial charge in [-0.15, -0.1) is 0 Å². The molecule has 4 rings (SSSR count). The molecule has 0 aromatic carbocycles. The van der Waals surface area contributed by atoms with Gasteiger partial charge in [-0.25, -0.2) is 0 Å². The summed E-state index contributed by atoms with van der Waals surface area (Å²) in [5, 5.41) is 17.2. The van der Waals surface area contributed by atoms with Crippen LogP contribution in [0, 0.1) is 0 Å². The van der Waals surface area contributed by atoms with Gasteiger partial charge in [0.25, 0.3) is 0 Å². The number of hydrogen-bond acceptors (Lipinski definition) is 11. The Kier molecular flexibility index (Phi) is 3.85. The van der Waals surface area contributed by atoms with Crippen molar-refractivity contribution in [3.63, 3.8) is 0 Å². The molecule has 1 aromatic heterocycles. The molecule has 0 amide bonds. The predicted octanol–water partition coefficient (Wildman–Crippen LogP) is -1.58. The molecule has 1 aromatic rings. The first-order chi connectivity index (χ1) is 11.9. The zero-order chi connectivity index (χ0) is 17.8. The molecule has 0 spiro atoms. The molecule has 15 heteroatoms. The molecule has 0 saturated carbocycles. The van der Waals surface area contributed by atoms with Crippen LogP contribution in [-0.4, -0.2) is 65.0 Å². The fourth-order valence-electron chi connectivity index (χ4n) is 3.18. The molecule has 2 saturated heterocycles. The molecule has 4 unspecified atom stereocenters. The Morgan fingerprint density at radius 2 is 2.36 bits per heavy atom. The molecule has 3 aliphatic heterocycles. The van der Waals surface area contributed by atoms with Gasteiger partial charge in [-0.05, 0) is 0 Å². The van der Waals surface area contributed by atoms with Crippen LogP contribution in [0.25, 0.3) is 10.4 Å². The zero-order valence-electron chi connectivity index (χ0n) is 13.1. The second-order valence-corrected chi connectivity index (χ2v) is 8.25. The Labute approximate surface area is 142 Å². The zero-order valence-corrected chi connectivity index (χ0v) is 14.1. The summed E-state index contributed by atoms with van der Waals surface area (Å²) < 4.78 is 16.6. The topological polar surface area (TPSA) is 184 Å². The second-order valence-electron chi connectivity index (χ2n) is 5.93. The molecule has 0 bridgehead atoms. The van der Waals surface area contributed by atoms with Gasteiger partial charge in [0.1, 0.15) is 0 Å². The average Bonchev–Trinajstić information content (AvgIpc) is 3.06. The molecule has 0 radical (unpaired) electrons. The van der Waals surface area contributed by atoms with Gasteiger partial charge in [0.2, 0.25) is 0 Å². The normalized spacial score (nSPS) is 36.7. The van der Waals surface area contributed by atoms with Gasteiger partial charge in [-0.1, -0.05) is 0 Å². The van der Waals surface area contributed by atoms with Crippen LogP contribution in [0.15, 0.2) is 11.4 Å². The summed E-state index contributed by atoms with van der Waals surface area (Å²) in [7, 11) is -1.84. The van der Waals surface area contributed by atoms with Crippen molar-refractivity contribution >= 4 is 32.7 Å². The molecule has 5 N–H and O–H groups in total. The van der Waals surface area contributed by atoms with Gasteiger partial charge in [0, 0.05) is 0 Å². The van der Waals surface area contributed by atoms with E-state index < -0.39 is 38.7 Å². The number of fused-ring (bicyclic) bond motifs is 2. The number of azide groups is 1. The van der Waals surface area contributed by atoms with Crippen molar-refractivity contribution in [3.05, 3.63) is 16.8 Å². The molecule has 2 fully saturated rings.